The van der Waals surface area contributed by atoms with E-state index in [0.717, 1.165) is 31.4 Å². The molecule has 2 heteroatoms. The normalized spacial score (nSPS) is 20.7. The van der Waals surface area contributed by atoms with Gasteiger partial charge in [0, 0.05) is 0 Å². The van der Waals surface area contributed by atoms with Crippen LogP contribution in [0.5, 0.6) is 5.75 Å². The molecule has 1 aromatic carbocycles. The van der Waals surface area contributed by atoms with Crippen molar-refractivity contribution in [2.45, 2.75) is 51.9 Å². The zero-order valence-corrected chi connectivity index (χ0v) is 12.9. The molecule has 1 aliphatic heterocycles. The lowest BCUT2D eigenvalue weighted by molar-refractivity contribution is 0.178. The average Bonchev–Trinajstić information content (AvgIpc) is 2.41. The van der Waals surface area contributed by atoms with Crippen molar-refractivity contribution in [1.82, 2.24) is 5.32 Å². The molecule has 1 aliphatic carbocycles. The van der Waals surface area contributed by atoms with E-state index in [2.05, 4.69) is 31.3 Å². The smallest absolute Gasteiger partial charge is 0.123 e. The molecule has 0 bridgehead atoms. The van der Waals surface area contributed by atoms with Crippen LogP contribution in [0.15, 0.2) is 12.1 Å². The lowest BCUT2D eigenvalue weighted by Crippen LogP contribution is -2.27. The number of aryl methyl sites for hydroxylation is 2. The van der Waals surface area contributed by atoms with Crippen molar-refractivity contribution in [3.05, 3.63) is 28.8 Å². The monoisotopic (exact) mass is 273 g/mol. The van der Waals surface area contributed by atoms with Crippen molar-refractivity contribution < 1.29 is 4.74 Å². The zero-order chi connectivity index (χ0) is 13.9. The molecule has 3 rings (SSSR count). The predicted octanol–water partition coefficient (Wildman–Crippen LogP) is 3.95. The third kappa shape index (κ3) is 3.01. The van der Waals surface area contributed by atoms with Crippen molar-refractivity contribution in [2.24, 2.45) is 5.92 Å². The van der Waals surface area contributed by atoms with E-state index in [0.29, 0.717) is 5.92 Å². The Bertz CT molecular complexity index is 459. The molecule has 1 saturated carbocycles. The lowest BCUT2D eigenvalue weighted by atomic mass is 9.86. The second-order valence-corrected chi connectivity index (χ2v) is 6.61. The Kier molecular flexibility index (Phi) is 4.30. The molecule has 1 aromatic rings. The van der Waals surface area contributed by atoms with Gasteiger partial charge >= 0.3 is 0 Å². The molecule has 20 heavy (non-hydrogen) atoms. The average molecular weight is 273 g/mol. The van der Waals surface area contributed by atoms with E-state index in [4.69, 9.17) is 4.74 Å². The highest BCUT2D eigenvalue weighted by Gasteiger charge is 2.22. The van der Waals surface area contributed by atoms with Crippen LogP contribution in [0.3, 0.4) is 0 Å². The standard InChI is InChI=1S/C18H27NO/c1-13-10-17(16-6-8-19-9-7-16)18(11-14(13)2)20-12-15-4-3-5-15/h10-11,15-16,19H,3-9,12H2,1-2H3. The summed E-state index contributed by atoms with van der Waals surface area (Å²) in [7, 11) is 0. The van der Waals surface area contributed by atoms with Crippen molar-refractivity contribution in [3.8, 4) is 5.75 Å². The van der Waals surface area contributed by atoms with Crippen LogP contribution in [-0.2, 0) is 0 Å². The summed E-state index contributed by atoms with van der Waals surface area (Å²) < 4.78 is 6.21. The summed E-state index contributed by atoms with van der Waals surface area (Å²) in [5, 5.41) is 3.46. The van der Waals surface area contributed by atoms with Gasteiger partial charge in [-0.3, -0.25) is 0 Å². The molecule has 0 radical (unpaired) electrons. The molecule has 110 valence electrons. The molecule has 1 N–H and O–H groups in total. The Labute approximate surface area is 122 Å². The maximum atomic E-state index is 6.21. The quantitative estimate of drug-likeness (QED) is 0.897. The van der Waals surface area contributed by atoms with Crippen LogP contribution in [0.2, 0.25) is 0 Å². The number of hydrogen-bond donors (Lipinski definition) is 1. The summed E-state index contributed by atoms with van der Waals surface area (Å²) in [6.07, 6.45) is 6.58. The lowest BCUT2D eigenvalue weighted by Gasteiger charge is -2.29. The summed E-state index contributed by atoms with van der Waals surface area (Å²) in [6, 6.07) is 4.65. The van der Waals surface area contributed by atoms with E-state index in [1.165, 1.54) is 48.8 Å². The van der Waals surface area contributed by atoms with E-state index in [9.17, 15) is 0 Å². The van der Waals surface area contributed by atoms with Gasteiger partial charge in [0.15, 0.2) is 0 Å². The molecule has 0 amide bonds. The minimum atomic E-state index is 0.673. The van der Waals surface area contributed by atoms with Crippen LogP contribution in [-0.4, -0.2) is 19.7 Å². The van der Waals surface area contributed by atoms with E-state index < -0.39 is 0 Å². The van der Waals surface area contributed by atoms with Gasteiger partial charge in [-0.25, -0.2) is 0 Å². The van der Waals surface area contributed by atoms with Crippen LogP contribution in [0, 0.1) is 19.8 Å². The van der Waals surface area contributed by atoms with Crippen molar-refractivity contribution in [1.29, 1.82) is 0 Å². The third-order valence-corrected chi connectivity index (χ3v) is 5.10. The van der Waals surface area contributed by atoms with Gasteiger partial charge in [-0.2, -0.15) is 0 Å². The molecule has 2 nitrogen and oxygen atoms in total. The Morgan fingerprint density at radius 2 is 1.75 bits per heavy atom. The number of piperidine rings is 1. The molecule has 1 heterocycles. The van der Waals surface area contributed by atoms with Crippen LogP contribution in [0.1, 0.15) is 54.7 Å². The third-order valence-electron chi connectivity index (χ3n) is 5.10. The first-order valence-corrected chi connectivity index (χ1v) is 8.18. The van der Waals surface area contributed by atoms with E-state index in [1.54, 1.807) is 0 Å². The van der Waals surface area contributed by atoms with Gasteiger partial charge in [0.2, 0.25) is 0 Å². The first-order chi connectivity index (χ1) is 9.74. The molecule has 1 saturated heterocycles. The Morgan fingerprint density at radius 3 is 2.40 bits per heavy atom. The number of hydrogen-bond acceptors (Lipinski definition) is 2. The fourth-order valence-corrected chi connectivity index (χ4v) is 3.26. The van der Waals surface area contributed by atoms with Crippen LogP contribution < -0.4 is 10.1 Å². The Balaban J connectivity index is 1.79. The van der Waals surface area contributed by atoms with E-state index >= 15 is 0 Å². The maximum Gasteiger partial charge on any atom is 0.123 e. The molecule has 2 aliphatic rings. The number of benzene rings is 1. The van der Waals surface area contributed by atoms with E-state index in [1.807, 2.05) is 0 Å². The minimum absolute atomic E-state index is 0.673. The first-order valence-electron chi connectivity index (χ1n) is 8.18. The summed E-state index contributed by atoms with van der Waals surface area (Å²) >= 11 is 0. The summed E-state index contributed by atoms with van der Waals surface area (Å²) in [5.74, 6) is 2.64. The maximum absolute atomic E-state index is 6.21. The second-order valence-electron chi connectivity index (χ2n) is 6.61. The first kappa shape index (κ1) is 13.9. The zero-order valence-electron chi connectivity index (χ0n) is 12.9. The van der Waals surface area contributed by atoms with Crippen molar-refractivity contribution >= 4 is 0 Å². The Hall–Kier alpha value is -1.02. The van der Waals surface area contributed by atoms with Gasteiger partial charge in [-0.05, 0) is 87.2 Å². The topological polar surface area (TPSA) is 21.3 Å². The fourth-order valence-electron chi connectivity index (χ4n) is 3.26. The van der Waals surface area contributed by atoms with Gasteiger partial charge < -0.3 is 10.1 Å². The number of ether oxygens (including phenoxy) is 1. The van der Waals surface area contributed by atoms with Crippen LogP contribution in [0.4, 0.5) is 0 Å². The van der Waals surface area contributed by atoms with Gasteiger partial charge in [0.25, 0.3) is 0 Å². The molecule has 2 fully saturated rings. The molecular formula is C18H27NO. The second kappa shape index (κ2) is 6.17. The Morgan fingerprint density at radius 1 is 1.05 bits per heavy atom. The highest BCUT2D eigenvalue weighted by molar-refractivity contribution is 5.44. The van der Waals surface area contributed by atoms with Crippen molar-refractivity contribution in [3.63, 3.8) is 0 Å². The predicted molar refractivity (Wildman–Crippen MR) is 83.6 cm³/mol. The van der Waals surface area contributed by atoms with Gasteiger partial charge in [-0.15, -0.1) is 0 Å². The highest BCUT2D eigenvalue weighted by atomic mass is 16.5. The minimum Gasteiger partial charge on any atom is -0.493 e. The fraction of sp³-hybridized carbons (Fsp3) is 0.667. The van der Waals surface area contributed by atoms with E-state index in [-0.39, 0.29) is 0 Å². The molecular weight excluding hydrogens is 246 g/mol. The van der Waals surface area contributed by atoms with Crippen molar-refractivity contribution in [2.75, 3.05) is 19.7 Å². The van der Waals surface area contributed by atoms with Crippen LogP contribution in [0.25, 0.3) is 0 Å². The molecule has 0 unspecified atom stereocenters. The van der Waals surface area contributed by atoms with Gasteiger partial charge in [0.05, 0.1) is 6.61 Å². The SMILES string of the molecule is Cc1cc(OCC2CCC2)c(C2CCNCC2)cc1C. The number of rotatable bonds is 4. The van der Waals surface area contributed by atoms with Gasteiger partial charge in [0.1, 0.15) is 5.75 Å². The number of nitrogens with one attached hydrogen (secondary N) is 1. The van der Waals surface area contributed by atoms with Crippen LogP contribution >= 0.6 is 0 Å². The molecule has 0 aromatic heterocycles. The summed E-state index contributed by atoms with van der Waals surface area (Å²) in [5.41, 5.74) is 4.20. The largest absolute Gasteiger partial charge is 0.493 e. The highest BCUT2D eigenvalue weighted by Crippen LogP contribution is 2.36. The molecule has 0 spiro atoms. The molecule has 0 atom stereocenters. The summed E-state index contributed by atoms with van der Waals surface area (Å²) in [4.78, 5) is 0. The van der Waals surface area contributed by atoms with Gasteiger partial charge in [-0.1, -0.05) is 12.5 Å². The summed E-state index contributed by atoms with van der Waals surface area (Å²) in [6.45, 7) is 7.60.